The fraction of sp³-hybridized carbons (Fsp3) is 0.308. The van der Waals surface area contributed by atoms with Gasteiger partial charge in [0.2, 0.25) is 0 Å². The first-order valence-corrected chi connectivity index (χ1v) is 12.0. The van der Waals surface area contributed by atoms with Gasteiger partial charge < -0.3 is 22.1 Å². The summed E-state index contributed by atoms with van der Waals surface area (Å²) in [6, 6.07) is 19.8. The van der Waals surface area contributed by atoms with E-state index in [1.807, 2.05) is 0 Å². The zero-order chi connectivity index (χ0) is 20.5. The normalized spacial score (nSPS) is 11.3. The largest absolute Gasteiger partial charge is 1.00 e. The van der Waals surface area contributed by atoms with Crippen molar-refractivity contribution in [3.05, 3.63) is 88.0 Å². The van der Waals surface area contributed by atoms with Crippen molar-refractivity contribution < 1.29 is 22.1 Å². The maximum absolute atomic E-state index is 10.4. The quantitative estimate of drug-likeness (QED) is 0.564. The Morgan fingerprint density at radius 2 is 0.793 bits per heavy atom. The van der Waals surface area contributed by atoms with Gasteiger partial charge in [-0.15, -0.1) is 0 Å². The minimum absolute atomic E-state index is 0. The number of aliphatic hydroxyl groups excluding tert-OH is 1. The molecule has 0 heterocycles. The maximum atomic E-state index is 10.4. The lowest BCUT2D eigenvalue weighted by molar-refractivity contribution is -0.00000713. The van der Waals surface area contributed by atoms with E-state index < -0.39 is 7.26 Å². The third-order valence-corrected chi connectivity index (χ3v) is 11.2. The summed E-state index contributed by atoms with van der Waals surface area (Å²) in [5.74, 6) is 0. The first-order chi connectivity index (χ1) is 13.3. The number of hydrogen-bond donors (Lipinski definition) is 1. The molecule has 0 spiro atoms. The number of aryl methyl sites for hydroxylation is 6. The molecule has 3 heteroatoms. The van der Waals surface area contributed by atoms with Gasteiger partial charge in [0.05, 0.1) is 12.8 Å². The minimum atomic E-state index is -2.03. The molecule has 3 aromatic carbocycles. The summed E-state index contributed by atoms with van der Waals surface area (Å²) in [6.45, 7) is 13.6. The Morgan fingerprint density at radius 3 is 1.00 bits per heavy atom. The van der Waals surface area contributed by atoms with E-state index in [4.69, 9.17) is 0 Å². The van der Waals surface area contributed by atoms with Crippen LogP contribution < -0.4 is 32.9 Å². The summed E-state index contributed by atoms with van der Waals surface area (Å²) >= 11 is 0. The maximum Gasteiger partial charge on any atom is 0.116 e. The number of benzene rings is 3. The molecule has 0 radical (unpaired) electrons. The molecule has 0 amide bonds. The van der Waals surface area contributed by atoms with E-state index in [2.05, 4.69) is 96.1 Å². The van der Waals surface area contributed by atoms with Crippen LogP contribution >= 0.6 is 7.26 Å². The van der Waals surface area contributed by atoms with E-state index >= 15 is 0 Å². The monoisotopic (exact) mass is 470 g/mol. The third kappa shape index (κ3) is 4.08. The van der Waals surface area contributed by atoms with Crippen molar-refractivity contribution in [3.8, 4) is 0 Å². The molecule has 0 aliphatic carbocycles. The van der Waals surface area contributed by atoms with E-state index in [1.54, 1.807) is 0 Å². The summed E-state index contributed by atoms with van der Waals surface area (Å²) in [5.41, 5.74) is 7.96. The van der Waals surface area contributed by atoms with Gasteiger partial charge in [0.25, 0.3) is 0 Å². The Balaban J connectivity index is 0.00000300. The molecule has 154 valence electrons. The summed E-state index contributed by atoms with van der Waals surface area (Å²) in [7, 11) is -2.03. The molecule has 3 aromatic rings. The zero-order valence-corrected chi connectivity index (χ0v) is 20.9. The molecular formula is C26H32BrOP. The van der Waals surface area contributed by atoms with E-state index in [0.717, 1.165) is 6.16 Å². The molecular weight excluding hydrogens is 439 g/mol. The van der Waals surface area contributed by atoms with Gasteiger partial charge in [0.1, 0.15) is 23.2 Å². The van der Waals surface area contributed by atoms with Gasteiger partial charge >= 0.3 is 0 Å². The van der Waals surface area contributed by atoms with Gasteiger partial charge in [-0.2, -0.15) is 0 Å². The SMILES string of the molecule is Cc1cccc(C)c1[P+](CCO)(c1c(C)cccc1C)c1c(C)cccc1C.[Br-]. The molecule has 0 fully saturated rings. The van der Waals surface area contributed by atoms with Gasteiger partial charge in [-0.1, -0.05) is 54.6 Å². The van der Waals surface area contributed by atoms with Crippen molar-refractivity contribution >= 4 is 23.2 Å². The van der Waals surface area contributed by atoms with Crippen LogP contribution in [0.2, 0.25) is 0 Å². The molecule has 0 unspecified atom stereocenters. The van der Waals surface area contributed by atoms with Crippen molar-refractivity contribution in [1.29, 1.82) is 0 Å². The highest BCUT2D eigenvalue weighted by Crippen LogP contribution is 2.58. The standard InChI is InChI=1S/C26H32OP.BrH/c1-18-10-7-11-19(2)24(18)28(17-16-27,25-20(3)12-8-13-21(25)4)26-22(5)14-9-15-23(26)6;/h7-15,27H,16-17H2,1-6H3;1H/q+1;/p-1. The number of hydrogen-bond acceptors (Lipinski definition) is 1. The lowest BCUT2D eigenvalue weighted by Gasteiger charge is -2.33. The predicted octanol–water partition coefficient (Wildman–Crippen LogP) is 1.83. The molecule has 0 saturated carbocycles. The molecule has 0 aromatic heterocycles. The van der Waals surface area contributed by atoms with Crippen LogP contribution in [-0.2, 0) is 0 Å². The fourth-order valence-corrected chi connectivity index (χ4v) is 10.7. The first-order valence-electron chi connectivity index (χ1n) is 10.0. The molecule has 1 nitrogen and oxygen atoms in total. The fourth-order valence-electron chi connectivity index (χ4n) is 5.04. The second kappa shape index (κ2) is 9.56. The van der Waals surface area contributed by atoms with Gasteiger partial charge in [-0.3, -0.25) is 0 Å². The molecule has 0 bridgehead atoms. The first kappa shape index (κ1) is 23.8. The average molecular weight is 471 g/mol. The van der Waals surface area contributed by atoms with Gasteiger partial charge in [0.15, 0.2) is 0 Å². The van der Waals surface area contributed by atoms with Crippen LogP contribution in [0.4, 0.5) is 0 Å². The van der Waals surface area contributed by atoms with Gasteiger partial charge in [0, 0.05) is 0 Å². The molecule has 0 atom stereocenters. The Morgan fingerprint density at radius 1 is 0.552 bits per heavy atom. The van der Waals surface area contributed by atoms with Gasteiger partial charge in [-0.05, 0) is 74.9 Å². The van der Waals surface area contributed by atoms with Crippen molar-refractivity contribution in [2.24, 2.45) is 0 Å². The summed E-state index contributed by atoms with van der Waals surface area (Å²) in [6.07, 6.45) is 0.774. The second-order valence-electron chi connectivity index (χ2n) is 7.98. The van der Waals surface area contributed by atoms with E-state index in [1.165, 1.54) is 49.3 Å². The number of halogens is 1. The molecule has 0 aliphatic rings. The van der Waals surface area contributed by atoms with Crippen LogP contribution in [-0.4, -0.2) is 17.9 Å². The Kier molecular flexibility index (Phi) is 7.85. The molecule has 29 heavy (non-hydrogen) atoms. The van der Waals surface area contributed by atoms with E-state index in [0.29, 0.717) is 0 Å². The minimum Gasteiger partial charge on any atom is -1.00 e. The highest BCUT2D eigenvalue weighted by molar-refractivity contribution is 7.96. The van der Waals surface area contributed by atoms with E-state index in [9.17, 15) is 5.11 Å². The van der Waals surface area contributed by atoms with Crippen molar-refractivity contribution in [1.82, 2.24) is 0 Å². The highest BCUT2D eigenvalue weighted by atomic mass is 79.9. The van der Waals surface area contributed by atoms with Crippen LogP contribution in [0, 0.1) is 41.5 Å². The van der Waals surface area contributed by atoms with Crippen molar-refractivity contribution in [2.45, 2.75) is 41.5 Å². The van der Waals surface area contributed by atoms with Crippen LogP contribution in [0.15, 0.2) is 54.6 Å². The van der Waals surface area contributed by atoms with E-state index in [-0.39, 0.29) is 23.6 Å². The number of aliphatic hydroxyl groups is 1. The lowest BCUT2D eigenvalue weighted by atomic mass is 10.1. The average Bonchev–Trinajstić information content (AvgIpc) is 2.61. The predicted molar refractivity (Wildman–Crippen MR) is 126 cm³/mol. The van der Waals surface area contributed by atoms with Crippen molar-refractivity contribution in [3.63, 3.8) is 0 Å². The van der Waals surface area contributed by atoms with Crippen molar-refractivity contribution in [2.75, 3.05) is 12.8 Å². The van der Waals surface area contributed by atoms with Crippen LogP contribution in [0.5, 0.6) is 0 Å². The second-order valence-corrected chi connectivity index (χ2v) is 11.4. The third-order valence-electron chi connectivity index (χ3n) is 5.90. The Hall–Kier alpha value is -1.47. The Bertz CT molecular complexity index is 824. The summed E-state index contributed by atoms with van der Waals surface area (Å²) in [4.78, 5) is 0. The summed E-state index contributed by atoms with van der Waals surface area (Å²) in [5, 5.41) is 14.7. The number of rotatable bonds is 5. The smallest absolute Gasteiger partial charge is 0.116 e. The zero-order valence-electron chi connectivity index (χ0n) is 18.4. The molecule has 3 rings (SSSR count). The summed E-state index contributed by atoms with van der Waals surface area (Å²) < 4.78 is 0. The lowest BCUT2D eigenvalue weighted by Crippen LogP contribution is -3.00. The topological polar surface area (TPSA) is 20.2 Å². The molecule has 0 saturated heterocycles. The van der Waals surface area contributed by atoms with Crippen LogP contribution in [0.1, 0.15) is 33.4 Å². The molecule has 0 aliphatic heterocycles. The molecule has 1 N–H and O–H groups in total. The Labute approximate surface area is 187 Å². The van der Waals surface area contributed by atoms with Gasteiger partial charge in [-0.25, -0.2) is 0 Å². The van der Waals surface area contributed by atoms with Crippen LogP contribution in [0.3, 0.4) is 0 Å². The van der Waals surface area contributed by atoms with Crippen LogP contribution in [0.25, 0.3) is 0 Å². The highest BCUT2D eigenvalue weighted by Gasteiger charge is 2.50.